The van der Waals surface area contributed by atoms with Crippen LogP contribution in [-0.2, 0) is 0 Å². The number of hydrogen-bond acceptors (Lipinski definition) is 0. The van der Waals surface area contributed by atoms with Gasteiger partial charge in [-0.05, 0) is 0 Å². The summed E-state index contributed by atoms with van der Waals surface area (Å²) in [5.74, 6) is -7.64. The lowest BCUT2D eigenvalue weighted by atomic mass is 10.1. The van der Waals surface area contributed by atoms with Gasteiger partial charge < -0.3 is 0 Å². The average Bonchev–Trinajstić information content (AvgIpc) is 1.97. The highest BCUT2D eigenvalue weighted by Crippen LogP contribution is 2.39. The lowest BCUT2D eigenvalue weighted by Gasteiger charge is -2.09. The first-order chi connectivity index (χ1) is 5.04. The summed E-state index contributed by atoms with van der Waals surface area (Å²) in [4.78, 5) is 0. The minimum Gasteiger partial charge on any atom is -0.231 e. The topological polar surface area (TPSA) is 0 Å². The predicted molar refractivity (Wildman–Crippen MR) is 27.5 cm³/mol. The third-order valence-corrected chi connectivity index (χ3v) is 1.17. The van der Waals surface area contributed by atoms with Crippen molar-refractivity contribution < 1.29 is 22.0 Å². The van der Waals surface area contributed by atoms with Crippen LogP contribution in [-0.4, -0.2) is 0 Å². The monoisotopic (exact) mass is 169 g/mol. The predicted octanol–water partition coefficient (Wildman–Crippen LogP) is 3.19. The van der Waals surface area contributed by atoms with E-state index in [-0.39, 0.29) is 0 Å². The van der Waals surface area contributed by atoms with Crippen LogP contribution in [0.3, 0.4) is 0 Å². The van der Waals surface area contributed by atoms with E-state index in [4.69, 9.17) is 0 Å². The molecule has 0 aliphatic heterocycles. The number of hydrogen-bond donors (Lipinski definition) is 0. The van der Waals surface area contributed by atoms with Crippen molar-refractivity contribution in [3.05, 3.63) is 29.5 Å². The van der Waals surface area contributed by atoms with Crippen molar-refractivity contribution >= 4 is 0 Å². The maximum Gasteiger partial charge on any atom is 0.212 e. The second kappa shape index (κ2) is 2.64. The van der Waals surface area contributed by atoms with Crippen molar-refractivity contribution in [1.29, 1.82) is 0 Å². The Balaban J connectivity index is 3.07. The van der Waals surface area contributed by atoms with Gasteiger partial charge in [-0.25, -0.2) is 22.0 Å². The molecule has 11 heavy (non-hydrogen) atoms. The van der Waals surface area contributed by atoms with Crippen molar-refractivity contribution in [2.24, 2.45) is 0 Å². The second-order valence-corrected chi connectivity index (χ2v) is 1.93. The summed E-state index contributed by atoms with van der Waals surface area (Å²) < 4.78 is 60.2. The maximum absolute atomic E-state index is 12.1. The molecule has 1 aliphatic rings. The van der Waals surface area contributed by atoms with E-state index in [1.807, 2.05) is 0 Å². The van der Waals surface area contributed by atoms with E-state index in [1.54, 1.807) is 0 Å². The van der Waals surface area contributed by atoms with Crippen LogP contribution in [0.4, 0.5) is 22.0 Å². The summed E-state index contributed by atoms with van der Waals surface area (Å²) in [6, 6.07) is 0. The van der Waals surface area contributed by atoms with Crippen molar-refractivity contribution in [1.82, 2.24) is 0 Å². The molecule has 61 valence electrons. The molecule has 0 amide bonds. The summed E-state index contributed by atoms with van der Waals surface area (Å²) in [7, 11) is 0. The molecule has 0 saturated carbocycles. The number of allylic oxidation sites excluding steroid dienone is 4. The van der Waals surface area contributed by atoms with Gasteiger partial charge in [0.2, 0.25) is 6.17 Å². The Bertz CT molecular complexity index is 239. The van der Waals surface area contributed by atoms with E-state index in [2.05, 4.69) is 0 Å². The molecule has 0 saturated heterocycles. The fraction of sp³-hybridized carbons (Fsp3) is 0.167. The van der Waals surface area contributed by atoms with Crippen molar-refractivity contribution in [3.63, 3.8) is 0 Å². The molecule has 0 aromatic heterocycles. The summed E-state index contributed by atoms with van der Waals surface area (Å²) >= 11 is 0. The molecule has 0 heterocycles. The summed E-state index contributed by atoms with van der Waals surface area (Å²) in [6.07, 6.45) is -2.77. The van der Waals surface area contributed by atoms with Crippen LogP contribution >= 0.6 is 0 Å². The maximum atomic E-state index is 12.1. The summed E-state index contributed by atoms with van der Waals surface area (Å²) in [5.41, 5.74) is 0. The number of halogens is 5. The van der Waals surface area contributed by atoms with Gasteiger partial charge in [0, 0.05) is 6.42 Å². The Labute approximate surface area is 59.0 Å². The van der Waals surface area contributed by atoms with Crippen LogP contribution < -0.4 is 0 Å². The molecule has 5 heteroatoms. The van der Waals surface area contributed by atoms with Gasteiger partial charge in [-0.1, -0.05) is 0 Å². The van der Waals surface area contributed by atoms with Crippen LogP contribution in [0, 0.1) is 6.17 Å². The third-order valence-electron chi connectivity index (χ3n) is 1.17. The Morgan fingerprint density at radius 2 is 1.27 bits per heavy atom. The first kappa shape index (κ1) is 8.23. The Morgan fingerprint density at radius 1 is 0.727 bits per heavy atom. The Morgan fingerprint density at radius 3 is 1.82 bits per heavy atom. The summed E-state index contributed by atoms with van der Waals surface area (Å²) in [5, 5.41) is 0. The van der Waals surface area contributed by atoms with Crippen molar-refractivity contribution in [2.45, 2.75) is 6.42 Å². The van der Waals surface area contributed by atoms with E-state index >= 15 is 0 Å². The fourth-order valence-corrected chi connectivity index (χ4v) is 0.626. The SMILES string of the molecule is F[C]1CC(F)=C(F)C(F)=C1F. The molecular weight excluding hydrogens is 167 g/mol. The van der Waals surface area contributed by atoms with Gasteiger partial charge in [-0.3, -0.25) is 0 Å². The van der Waals surface area contributed by atoms with Crippen LogP contribution in [0.2, 0.25) is 0 Å². The van der Waals surface area contributed by atoms with Gasteiger partial charge in [0.15, 0.2) is 17.5 Å². The highest BCUT2D eigenvalue weighted by molar-refractivity contribution is 5.36. The quantitative estimate of drug-likeness (QED) is 0.488. The molecule has 0 fully saturated rings. The minimum absolute atomic E-state index is 1.15. The third kappa shape index (κ3) is 1.27. The van der Waals surface area contributed by atoms with Crippen LogP contribution in [0.1, 0.15) is 6.42 Å². The van der Waals surface area contributed by atoms with Crippen LogP contribution in [0.25, 0.3) is 0 Å². The first-order valence-electron chi connectivity index (χ1n) is 2.65. The van der Waals surface area contributed by atoms with E-state index in [9.17, 15) is 22.0 Å². The molecule has 0 atom stereocenters. The fourth-order valence-electron chi connectivity index (χ4n) is 0.626. The molecule has 0 nitrogen and oxygen atoms in total. The van der Waals surface area contributed by atoms with Gasteiger partial charge in [0.1, 0.15) is 5.83 Å². The van der Waals surface area contributed by atoms with Gasteiger partial charge >= 0.3 is 0 Å². The van der Waals surface area contributed by atoms with Crippen LogP contribution in [0.5, 0.6) is 0 Å². The van der Waals surface area contributed by atoms with E-state index in [1.165, 1.54) is 0 Å². The summed E-state index contributed by atoms with van der Waals surface area (Å²) in [6.45, 7) is 0. The minimum atomic E-state index is -2.11. The standard InChI is InChI=1S/C6H2F5/c7-2-1-3(8)5(10)6(11)4(2)9/h1H2. The van der Waals surface area contributed by atoms with Gasteiger partial charge in [0.25, 0.3) is 0 Å². The first-order valence-corrected chi connectivity index (χ1v) is 2.65. The molecular formula is C6H2F5. The average molecular weight is 169 g/mol. The van der Waals surface area contributed by atoms with Gasteiger partial charge in [-0.15, -0.1) is 0 Å². The van der Waals surface area contributed by atoms with E-state index < -0.39 is 35.9 Å². The zero-order chi connectivity index (χ0) is 8.59. The highest BCUT2D eigenvalue weighted by Gasteiger charge is 2.32. The molecule has 0 aromatic carbocycles. The van der Waals surface area contributed by atoms with Crippen LogP contribution in [0.15, 0.2) is 23.3 Å². The molecule has 0 N–H and O–H groups in total. The Kier molecular flexibility index (Phi) is 1.97. The van der Waals surface area contributed by atoms with Crippen molar-refractivity contribution in [2.75, 3.05) is 0 Å². The molecule has 1 rings (SSSR count). The van der Waals surface area contributed by atoms with Gasteiger partial charge in [0.05, 0.1) is 0 Å². The zero-order valence-electron chi connectivity index (χ0n) is 5.10. The molecule has 0 spiro atoms. The highest BCUT2D eigenvalue weighted by atomic mass is 19.2. The second-order valence-electron chi connectivity index (χ2n) is 1.93. The molecule has 0 bridgehead atoms. The lowest BCUT2D eigenvalue weighted by Crippen LogP contribution is -2.02. The van der Waals surface area contributed by atoms with E-state index in [0.717, 1.165) is 0 Å². The largest absolute Gasteiger partial charge is 0.231 e. The smallest absolute Gasteiger partial charge is 0.212 e. The normalized spacial score (nSPS) is 21.5. The Hall–Kier alpha value is -0.870. The number of rotatable bonds is 0. The molecule has 0 unspecified atom stereocenters. The van der Waals surface area contributed by atoms with E-state index in [0.29, 0.717) is 0 Å². The van der Waals surface area contributed by atoms with Crippen molar-refractivity contribution in [3.8, 4) is 0 Å². The van der Waals surface area contributed by atoms with Gasteiger partial charge in [-0.2, -0.15) is 0 Å². The zero-order valence-corrected chi connectivity index (χ0v) is 5.10. The molecule has 0 aromatic rings. The lowest BCUT2D eigenvalue weighted by molar-refractivity contribution is 0.356. The molecule has 1 aliphatic carbocycles. The molecule has 1 radical (unpaired) electrons.